The van der Waals surface area contributed by atoms with E-state index in [2.05, 4.69) is 15.9 Å². The summed E-state index contributed by atoms with van der Waals surface area (Å²) in [5.41, 5.74) is 1.44. The van der Waals surface area contributed by atoms with Crippen LogP contribution in [0.15, 0.2) is 46.9 Å². The second-order valence-electron chi connectivity index (χ2n) is 4.35. The number of hydrogen-bond acceptors (Lipinski definition) is 1. The van der Waals surface area contributed by atoms with E-state index in [1.54, 1.807) is 24.1 Å². The highest BCUT2D eigenvalue weighted by atomic mass is 79.9. The molecule has 5 heteroatoms. The van der Waals surface area contributed by atoms with Gasteiger partial charge in [0.05, 0.1) is 15.6 Å². The number of amides is 1. The van der Waals surface area contributed by atoms with Crippen LogP contribution in [0.3, 0.4) is 0 Å². The predicted octanol–water partition coefficient (Wildman–Crippen LogP) is 5.03. The minimum Gasteiger partial charge on any atom is -0.337 e. The standard InChI is InChI=1S/C15H12BrCl2NO/c1-19(9-10-5-4-8-13(17)14(10)18)15(20)11-6-2-3-7-12(11)16/h2-8H,9H2,1H3. The Bertz CT molecular complexity index is 646. The van der Waals surface area contributed by atoms with Crippen LogP contribution in [0, 0.1) is 0 Å². The van der Waals surface area contributed by atoms with Gasteiger partial charge in [0.1, 0.15) is 0 Å². The molecule has 0 radical (unpaired) electrons. The van der Waals surface area contributed by atoms with Gasteiger partial charge < -0.3 is 4.90 Å². The molecule has 0 N–H and O–H groups in total. The number of halogens is 3. The molecule has 0 saturated carbocycles. The van der Waals surface area contributed by atoms with E-state index in [-0.39, 0.29) is 5.91 Å². The summed E-state index contributed by atoms with van der Waals surface area (Å²) < 4.78 is 0.772. The lowest BCUT2D eigenvalue weighted by atomic mass is 10.1. The third kappa shape index (κ3) is 3.35. The summed E-state index contributed by atoms with van der Waals surface area (Å²) in [5, 5.41) is 0.979. The molecular weight excluding hydrogens is 361 g/mol. The van der Waals surface area contributed by atoms with E-state index < -0.39 is 0 Å². The Labute approximate surface area is 136 Å². The first-order valence-corrected chi connectivity index (χ1v) is 7.48. The maximum atomic E-state index is 12.4. The van der Waals surface area contributed by atoms with Crippen molar-refractivity contribution in [2.24, 2.45) is 0 Å². The number of carbonyl (C=O) groups is 1. The van der Waals surface area contributed by atoms with Gasteiger partial charge in [-0.15, -0.1) is 0 Å². The second-order valence-corrected chi connectivity index (χ2v) is 5.99. The number of nitrogens with zero attached hydrogens (tertiary/aromatic N) is 1. The summed E-state index contributed by atoms with van der Waals surface area (Å²) in [4.78, 5) is 14.0. The lowest BCUT2D eigenvalue weighted by Crippen LogP contribution is -2.26. The Hall–Kier alpha value is -1.03. The lowest BCUT2D eigenvalue weighted by molar-refractivity contribution is 0.0784. The monoisotopic (exact) mass is 371 g/mol. The van der Waals surface area contributed by atoms with Gasteiger partial charge in [0.25, 0.3) is 5.91 Å². The van der Waals surface area contributed by atoms with E-state index in [0.29, 0.717) is 22.2 Å². The molecule has 0 aliphatic rings. The van der Waals surface area contributed by atoms with Crippen molar-refractivity contribution in [3.8, 4) is 0 Å². The van der Waals surface area contributed by atoms with Crippen molar-refractivity contribution in [2.45, 2.75) is 6.54 Å². The molecule has 0 saturated heterocycles. The van der Waals surface area contributed by atoms with Gasteiger partial charge in [0, 0.05) is 18.1 Å². The normalized spacial score (nSPS) is 10.4. The smallest absolute Gasteiger partial charge is 0.255 e. The van der Waals surface area contributed by atoms with Crippen LogP contribution in [-0.4, -0.2) is 17.9 Å². The maximum absolute atomic E-state index is 12.4. The molecule has 0 bridgehead atoms. The molecular formula is C15H12BrCl2NO. The molecule has 2 rings (SSSR count). The predicted molar refractivity (Wildman–Crippen MR) is 86.4 cm³/mol. The Morgan fingerprint density at radius 1 is 1.15 bits per heavy atom. The van der Waals surface area contributed by atoms with Crippen LogP contribution in [0.4, 0.5) is 0 Å². The number of hydrogen-bond donors (Lipinski definition) is 0. The van der Waals surface area contributed by atoms with Crippen molar-refractivity contribution >= 4 is 45.0 Å². The molecule has 2 aromatic rings. The summed E-state index contributed by atoms with van der Waals surface area (Å²) in [6.45, 7) is 0.402. The molecule has 2 aromatic carbocycles. The van der Waals surface area contributed by atoms with Crippen LogP contribution in [0.25, 0.3) is 0 Å². The maximum Gasteiger partial charge on any atom is 0.255 e. The largest absolute Gasteiger partial charge is 0.337 e. The molecule has 1 amide bonds. The van der Waals surface area contributed by atoms with E-state index in [1.165, 1.54) is 0 Å². The average molecular weight is 373 g/mol. The molecule has 0 fully saturated rings. The molecule has 0 unspecified atom stereocenters. The fourth-order valence-electron chi connectivity index (χ4n) is 1.84. The van der Waals surface area contributed by atoms with Crippen LogP contribution in [0.5, 0.6) is 0 Å². The SMILES string of the molecule is CN(Cc1cccc(Cl)c1Cl)C(=O)c1ccccc1Br. The van der Waals surface area contributed by atoms with Crippen molar-refractivity contribution in [1.82, 2.24) is 4.90 Å². The van der Waals surface area contributed by atoms with E-state index in [9.17, 15) is 4.79 Å². The van der Waals surface area contributed by atoms with Gasteiger partial charge in [0.2, 0.25) is 0 Å². The third-order valence-corrected chi connectivity index (χ3v) is 4.44. The highest BCUT2D eigenvalue weighted by Gasteiger charge is 2.16. The van der Waals surface area contributed by atoms with E-state index in [1.807, 2.05) is 30.3 Å². The molecule has 0 heterocycles. The van der Waals surface area contributed by atoms with Crippen molar-refractivity contribution in [3.63, 3.8) is 0 Å². The minimum atomic E-state index is -0.0754. The Balaban J connectivity index is 2.20. The fraction of sp³-hybridized carbons (Fsp3) is 0.133. The summed E-state index contributed by atoms with van der Waals surface area (Å²) >= 11 is 15.5. The van der Waals surface area contributed by atoms with Crippen LogP contribution in [0.1, 0.15) is 15.9 Å². The Morgan fingerprint density at radius 3 is 2.55 bits per heavy atom. The Morgan fingerprint density at radius 2 is 1.85 bits per heavy atom. The number of carbonyl (C=O) groups excluding carboxylic acids is 1. The van der Waals surface area contributed by atoms with Crippen LogP contribution in [0.2, 0.25) is 10.0 Å². The number of benzene rings is 2. The summed E-state index contributed by atoms with van der Waals surface area (Å²) in [7, 11) is 1.74. The molecule has 20 heavy (non-hydrogen) atoms. The first-order valence-electron chi connectivity index (χ1n) is 5.93. The van der Waals surface area contributed by atoms with Gasteiger partial charge in [-0.1, -0.05) is 47.5 Å². The van der Waals surface area contributed by atoms with Crippen LogP contribution in [-0.2, 0) is 6.54 Å². The first kappa shape index (κ1) is 15.4. The highest BCUT2D eigenvalue weighted by Crippen LogP contribution is 2.27. The van der Waals surface area contributed by atoms with Crippen molar-refractivity contribution in [1.29, 1.82) is 0 Å². The van der Waals surface area contributed by atoms with Crippen LogP contribution >= 0.6 is 39.1 Å². The average Bonchev–Trinajstić information content (AvgIpc) is 2.43. The molecule has 0 aromatic heterocycles. The van der Waals surface area contributed by atoms with Gasteiger partial charge >= 0.3 is 0 Å². The minimum absolute atomic E-state index is 0.0754. The first-order chi connectivity index (χ1) is 9.50. The highest BCUT2D eigenvalue weighted by molar-refractivity contribution is 9.10. The zero-order chi connectivity index (χ0) is 14.7. The van der Waals surface area contributed by atoms with E-state index in [0.717, 1.165) is 10.0 Å². The topological polar surface area (TPSA) is 20.3 Å². The zero-order valence-corrected chi connectivity index (χ0v) is 13.8. The van der Waals surface area contributed by atoms with Gasteiger partial charge in [-0.2, -0.15) is 0 Å². The molecule has 0 spiro atoms. The molecule has 2 nitrogen and oxygen atoms in total. The second kappa shape index (κ2) is 6.61. The number of rotatable bonds is 3. The van der Waals surface area contributed by atoms with Gasteiger partial charge in [-0.3, -0.25) is 4.79 Å². The fourth-order valence-corrected chi connectivity index (χ4v) is 2.67. The van der Waals surface area contributed by atoms with Crippen molar-refractivity contribution < 1.29 is 4.79 Å². The zero-order valence-electron chi connectivity index (χ0n) is 10.7. The van der Waals surface area contributed by atoms with Gasteiger partial charge in [-0.05, 0) is 39.7 Å². The lowest BCUT2D eigenvalue weighted by Gasteiger charge is -2.19. The summed E-state index contributed by atoms with van der Waals surface area (Å²) in [6, 6.07) is 12.7. The summed E-state index contributed by atoms with van der Waals surface area (Å²) in [6.07, 6.45) is 0. The van der Waals surface area contributed by atoms with Crippen molar-refractivity contribution in [2.75, 3.05) is 7.05 Å². The van der Waals surface area contributed by atoms with Gasteiger partial charge in [0.15, 0.2) is 0 Å². The van der Waals surface area contributed by atoms with E-state index in [4.69, 9.17) is 23.2 Å². The van der Waals surface area contributed by atoms with Gasteiger partial charge in [-0.25, -0.2) is 0 Å². The third-order valence-electron chi connectivity index (χ3n) is 2.89. The molecule has 0 aliphatic carbocycles. The quantitative estimate of drug-likeness (QED) is 0.739. The van der Waals surface area contributed by atoms with E-state index >= 15 is 0 Å². The molecule has 104 valence electrons. The van der Waals surface area contributed by atoms with Crippen molar-refractivity contribution in [3.05, 3.63) is 68.1 Å². The molecule has 0 atom stereocenters. The Kier molecular flexibility index (Phi) is 5.08. The molecule has 0 aliphatic heterocycles. The summed E-state index contributed by atoms with van der Waals surface area (Å²) in [5.74, 6) is -0.0754. The van der Waals surface area contributed by atoms with Crippen LogP contribution < -0.4 is 0 Å².